The van der Waals surface area contributed by atoms with E-state index in [4.69, 9.17) is 14.2 Å². The third kappa shape index (κ3) is 5.26. The molecule has 0 aliphatic carbocycles. The summed E-state index contributed by atoms with van der Waals surface area (Å²) in [5.41, 5.74) is 0.261. The van der Waals surface area contributed by atoms with Gasteiger partial charge in [0.05, 0.1) is 18.1 Å². The van der Waals surface area contributed by atoms with Crippen LogP contribution in [0.5, 0.6) is 23.0 Å². The number of para-hydroxylation sites is 1. The van der Waals surface area contributed by atoms with E-state index in [-0.39, 0.29) is 11.4 Å². The third-order valence-corrected chi connectivity index (χ3v) is 4.14. The van der Waals surface area contributed by atoms with Crippen LogP contribution in [0.2, 0.25) is 0 Å². The molecule has 3 rings (SSSR count). The van der Waals surface area contributed by atoms with E-state index in [2.05, 4.69) is 5.32 Å². The van der Waals surface area contributed by atoms with Gasteiger partial charge in [-0.1, -0.05) is 18.2 Å². The second-order valence-corrected chi connectivity index (χ2v) is 6.28. The first-order valence-electron chi connectivity index (χ1n) is 9.09. The van der Waals surface area contributed by atoms with Crippen molar-refractivity contribution in [1.82, 2.24) is 0 Å². The van der Waals surface area contributed by atoms with Gasteiger partial charge in [0.1, 0.15) is 17.2 Å². The average molecular weight is 408 g/mol. The van der Waals surface area contributed by atoms with Gasteiger partial charge < -0.3 is 19.5 Å². The van der Waals surface area contributed by atoms with E-state index in [9.17, 15) is 14.9 Å². The van der Waals surface area contributed by atoms with Gasteiger partial charge >= 0.3 is 5.69 Å². The summed E-state index contributed by atoms with van der Waals surface area (Å²) in [4.78, 5) is 23.1. The summed E-state index contributed by atoms with van der Waals surface area (Å²) < 4.78 is 16.2. The molecule has 0 radical (unpaired) electrons. The minimum atomic E-state index is -0.961. The number of carbonyl (C=O) groups is 1. The van der Waals surface area contributed by atoms with Crippen LogP contribution in [-0.4, -0.2) is 24.0 Å². The van der Waals surface area contributed by atoms with Crippen molar-refractivity contribution in [2.75, 3.05) is 12.4 Å². The number of hydrogen-bond acceptors (Lipinski definition) is 6. The van der Waals surface area contributed by atoms with Crippen LogP contribution < -0.4 is 19.5 Å². The van der Waals surface area contributed by atoms with Crippen LogP contribution in [0.25, 0.3) is 0 Å². The Morgan fingerprint density at radius 2 is 1.60 bits per heavy atom. The van der Waals surface area contributed by atoms with Crippen LogP contribution in [0.1, 0.15) is 6.92 Å². The summed E-state index contributed by atoms with van der Waals surface area (Å²) >= 11 is 0. The van der Waals surface area contributed by atoms with Gasteiger partial charge in [0, 0.05) is 5.69 Å². The molecule has 3 aromatic carbocycles. The zero-order chi connectivity index (χ0) is 21.5. The zero-order valence-electron chi connectivity index (χ0n) is 16.4. The summed E-state index contributed by atoms with van der Waals surface area (Å²) in [5, 5.41) is 14.0. The van der Waals surface area contributed by atoms with E-state index in [1.54, 1.807) is 24.3 Å². The lowest BCUT2D eigenvalue weighted by Gasteiger charge is -2.15. The fourth-order valence-corrected chi connectivity index (χ4v) is 2.59. The Morgan fingerprint density at radius 3 is 2.23 bits per heavy atom. The van der Waals surface area contributed by atoms with E-state index in [0.29, 0.717) is 22.9 Å². The summed E-state index contributed by atoms with van der Waals surface area (Å²) in [6.07, 6.45) is -0.961. The molecule has 1 amide bonds. The van der Waals surface area contributed by atoms with E-state index in [0.717, 1.165) is 0 Å². The first-order chi connectivity index (χ1) is 14.5. The predicted molar refractivity (Wildman–Crippen MR) is 111 cm³/mol. The second kappa shape index (κ2) is 9.42. The molecule has 8 heteroatoms. The standard InChI is InChI=1S/C22H20N2O6/c1-15(29-21-13-12-19(28-2)14-20(21)24(26)27)22(25)23-16-8-10-18(11-9-16)30-17-6-4-3-5-7-17/h3-15H,1-2H3,(H,23,25)/t15-/m0/s1. The van der Waals surface area contributed by atoms with Crippen molar-refractivity contribution < 1.29 is 23.9 Å². The van der Waals surface area contributed by atoms with Crippen LogP contribution in [0.3, 0.4) is 0 Å². The van der Waals surface area contributed by atoms with Crippen LogP contribution in [0.4, 0.5) is 11.4 Å². The van der Waals surface area contributed by atoms with E-state index < -0.39 is 16.9 Å². The Morgan fingerprint density at radius 1 is 0.967 bits per heavy atom. The van der Waals surface area contributed by atoms with Crippen molar-refractivity contribution in [1.29, 1.82) is 0 Å². The Labute approximate surface area is 173 Å². The molecule has 0 unspecified atom stereocenters. The predicted octanol–water partition coefficient (Wildman–Crippen LogP) is 4.80. The highest BCUT2D eigenvalue weighted by atomic mass is 16.6. The maximum absolute atomic E-state index is 12.4. The first-order valence-corrected chi connectivity index (χ1v) is 9.09. The highest BCUT2D eigenvalue weighted by Gasteiger charge is 2.22. The Bertz CT molecular complexity index is 1020. The quantitative estimate of drug-likeness (QED) is 0.424. The molecule has 0 bridgehead atoms. The SMILES string of the molecule is COc1ccc(O[C@@H](C)C(=O)Nc2ccc(Oc3ccccc3)cc2)c([N+](=O)[O-])c1. The monoisotopic (exact) mass is 408 g/mol. The van der Waals surface area contributed by atoms with Crippen LogP contribution in [-0.2, 0) is 4.79 Å². The molecule has 0 saturated carbocycles. The molecule has 3 aromatic rings. The number of nitrogens with zero attached hydrogens (tertiary/aromatic N) is 1. The number of hydrogen-bond donors (Lipinski definition) is 1. The van der Waals surface area contributed by atoms with Crippen LogP contribution >= 0.6 is 0 Å². The highest BCUT2D eigenvalue weighted by molar-refractivity contribution is 5.94. The molecule has 8 nitrogen and oxygen atoms in total. The van der Waals surface area contributed by atoms with Crippen molar-refractivity contribution in [3.63, 3.8) is 0 Å². The van der Waals surface area contributed by atoms with E-state index in [1.165, 1.54) is 32.2 Å². The molecule has 0 aromatic heterocycles. The number of amides is 1. The van der Waals surface area contributed by atoms with Crippen molar-refractivity contribution in [2.24, 2.45) is 0 Å². The largest absolute Gasteiger partial charge is 0.496 e. The van der Waals surface area contributed by atoms with Gasteiger partial charge in [0.15, 0.2) is 11.9 Å². The van der Waals surface area contributed by atoms with E-state index in [1.807, 2.05) is 30.3 Å². The number of nitrogens with one attached hydrogen (secondary N) is 1. The van der Waals surface area contributed by atoms with Crippen molar-refractivity contribution >= 4 is 17.3 Å². The number of benzene rings is 3. The Balaban J connectivity index is 1.62. The Kier molecular flexibility index (Phi) is 6.49. The molecular formula is C22H20N2O6. The molecule has 154 valence electrons. The number of anilines is 1. The normalized spacial score (nSPS) is 11.3. The number of carbonyl (C=O) groups excluding carboxylic acids is 1. The van der Waals surface area contributed by atoms with Gasteiger partial charge in [-0.3, -0.25) is 14.9 Å². The van der Waals surface area contributed by atoms with Crippen molar-refractivity contribution in [2.45, 2.75) is 13.0 Å². The molecular weight excluding hydrogens is 388 g/mol. The van der Waals surface area contributed by atoms with Gasteiger partial charge in [-0.15, -0.1) is 0 Å². The molecule has 0 aliphatic heterocycles. The van der Waals surface area contributed by atoms with Crippen molar-refractivity contribution in [3.05, 3.63) is 82.9 Å². The number of ether oxygens (including phenoxy) is 3. The van der Waals surface area contributed by atoms with Crippen molar-refractivity contribution in [3.8, 4) is 23.0 Å². The summed E-state index contributed by atoms with van der Waals surface area (Å²) in [7, 11) is 1.41. The fourth-order valence-electron chi connectivity index (χ4n) is 2.59. The molecule has 0 aliphatic rings. The highest BCUT2D eigenvalue weighted by Crippen LogP contribution is 2.32. The van der Waals surface area contributed by atoms with Gasteiger partial charge in [-0.2, -0.15) is 0 Å². The second-order valence-electron chi connectivity index (χ2n) is 6.28. The van der Waals surface area contributed by atoms with Crippen LogP contribution in [0, 0.1) is 10.1 Å². The molecule has 1 N–H and O–H groups in total. The maximum Gasteiger partial charge on any atom is 0.314 e. The van der Waals surface area contributed by atoms with Gasteiger partial charge in [-0.05, 0) is 55.5 Å². The minimum absolute atomic E-state index is 0.0185. The number of rotatable bonds is 8. The van der Waals surface area contributed by atoms with Gasteiger partial charge in [-0.25, -0.2) is 0 Å². The number of nitro groups is 1. The fraction of sp³-hybridized carbons (Fsp3) is 0.136. The molecule has 0 spiro atoms. The topological polar surface area (TPSA) is 99.9 Å². The Hall–Kier alpha value is -4.07. The average Bonchev–Trinajstić information content (AvgIpc) is 2.76. The molecule has 0 saturated heterocycles. The third-order valence-electron chi connectivity index (χ3n) is 4.14. The van der Waals surface area contributed by atoms with Crippen LogP contribution in [0.15, 0.2) is 72.8 Å². The number of methoxy groups -OCH3 is 1. The van der Waals surface area contributed by atoms with Gasteiger partial charge in [0.2, 0.25) is 0 Å². The lowest BCUT2D eigenvalue weighted by molar-refractivity contribution is -0.386. The zero-order valence-corrected chi connectivity index (χ0v) is 16.4. The lowest BCUT2D eigenvalue weighted by Crippen LogP contribution is -2.30. The summed E-state index contributed by atoms with van der Waals surface area (Å²) in [6, 6.07) is 20.3. The molecule has 1 atom stereocenters. The molecule has 0 fully saturated rings. The van der Waals surface area contributed by atoms with E-state index >= 15 is 0 Å². The lowest BCUT2D eigenvalue weighted by atomic mass is 10.2. The molecule has 30 heavy (non-hydrogen) atoms. The number of nitro benzene ring substituents is 1. The first kappa shape index (κ1) is 20.7. The minimum Gasteiger partial charge on any atom is -0.496 e. The summed E-state index contributed by atoms with van der Waals surface area (Å²) in [5.74, 6) is 1.19. The van der Waals surface area contributed by atoms with Gasteiger partial charge in [0.25, 0.3) is 5.91 Å². The molecule has 0 heterocycles. The maximum atomic E-state index is 12.4. The summed E-state index contributed by atoms with van der Waals surface area (Å²) in [6.45, 7) is 1.51. The smallest absolute Gasteiger partial charge is 0.314 e.